The van der Waals surface area contributed by atoms with Crippen LogP contribution < -0.4 is 0 Å². The van der Waals surface area contributed by atoms with Crippen molar-refractivity contribution < 1.29 is 4.79 Å². The van der Waals surface area contributed by atoms with E-state index in [1.165, 1.54) is 10.9 Å². The molecule has 0 aliphatic rings. The molecule has 0 spiro atoms. The monoisotopic (exact) mass is 184 g/mol. The van der Waals surface area contributed by atoms with Gasteiger partial charge in [-0.25, -0.2) is 4.98 Å². The summed E-state index contributed by atoms with van der Waals surface area (Å²) < 4.78 is 1.52. The number of aromatic nitrogens is 2. The van der Waals surface area contributed by atoms with Gasteiger partial charge in [0.1, 0.15) is 6.33 Å². The summed E-state index contributed by atoms with van der Waals surface area (Å²) in [5.74, 6) is 0.203. The van der Waals surface area contributed by atoms with Crippen LogP contribution in [-0.4, -0.2) is 15.5 Å². The van der Waals surface area contributed by atoms with Crippen molar-refractivity contribution in [2.45, 2.75) is 35.1 Å². The lowest BCUT2D eigenvalue weighted by Gasteiger charge is -2.05. The third kappa shape index (κ3) is 3.40. The minimum Gasteiger partial charge on any atom is -0.276 e. The van der Waals surface area contributed by atoms with Crippen LogP contribution >= 0.6 is 0 Å². The van der Waals surface area contributed by atoms with Crippen molar-refractivity contribution in [2.24, 2.45) is 5.92 Å². The highest BCUT2D eigenvalue weighted by molar-refractivity contribution is 5.80. The number of carbonyl (C=O) groups excluding carboxylic acids is 1. The summed E-state index contributed by atoms with van der Waals surface area (Å²) >= 11 is 0. The molecule has 0 saturated carbocycles. The Balaban J connectivity index is 0. The Hall–Kier alpha value is -1.12. The van der Waals surface area contributed by atoms with Crippen molar-refractivity contribution in [1.29, 1.82) is 0 Å². The summed E-state index contributed by atoms with van der Waals surface area (Å²) in [4.78, 5) is 15.2. The average Bonchev–Trinajstić information content (AvgIpc) is 2.53. The molecule has 0 aliphatic carbocycles. The largest absolute Gasteiger partial charge is 0.276 e. The fourth-order valence-electron chi connectivity index (χ4n) is 0.819. The van der Waals surface area contributed by atoms with Crippen LogP contribution in [0.5, 0.6) is 0 Å². The molecule has 0 bridgehead atoms. The first-order valence-electron chi connectivity index (χ1n) is 3.78. The molecule has 0 radical (unpaired) electrons. The molecule has 0 saturated heterocycles. The van der Waals surface area contributed by atoms with Gasteiger partial charge < -0.3 is 0 Å². The van der Waals surface area contributed by atoms with E-state index in [9.17, 15) is 4.79 Å². The van der Waals surface area contributed by atoms with E-state index in [0.29, 0.717) is 0 Å². The Morgan fingerprint density at radius 3 is 2.54 bits per heavy atom. The van der Waals surface area contributed by atoms with Crippen LogP contribution in [0.25, 0.3) is 0 Å². The standard InChI is InChI=1S/C8H12N2O.2CH4/c1-3-7(2)8(11)10-5-4-9-6-10;;/h4-7H,3H2,1-2H3;2*1H4. The lowest BCUT2D eigenvalue weighted by atomic mass is 10.1. The average molecular weight is 184 g/mol. The van der Waals surface area contributed by atoms with Crippen molar-refractivity contribution >= 4 is 5.91 Å². The molecule has 1 rings (SSSR count). The van der Waals surface area contributed by atoms with Crippen molar-refractivity contribution in [3.05, 3.63) is 18.7 Å². The molecule has 13 heavy (non-hydrogen) atoms. The molecular formula is C10H20N2O. The lowest BCUT2D eigenvalue weighted by Crippen LogP contribution is -2.16. The van der Waals surface area contributed by atoms with Crippen LogP contribution in [0.2, 0.25) is 0 Å². The smallest absolute Gasteiger partial charge is 0.234 e. The maximum atomic E-state index is 11.4. The molecule has 1 heterocycles. The third-order valence-corrected chi connectivity index (χ3v) is 1.79. The second-order valence-electron chi connectivity index (χ2n) is 2.62. The molecule has 0 aromatic carbocycles. The summed E-state index contributed by atoms with van der Waals surface area (Å²) in [6.07, 6.45) is 5.69. The predicted molar refractivity (Wildman–Crippen MR) is 55.8 cm³/mol. The highest BCUT2D eigenvalue weighted by atomic mass is 16.2. The van der Waals surface area contributed by atoms with Crippen LogP contribution in [0.3, 0.4) is 0 Å². The van der Waals surface area contributed by atoms with Gasteiger partial charge in [0, 0.05) is 18.3 Å². The zero-order valence-corrected chi connectivity index (χ0v) is 6.82. The van der Waals surface area contributed by atoms with Crippen molar-refractivity contribution in [1.82, 2.24) is 9.55 Å². The van der Waals surface area contributed by atoms with Crippen LogP contribution in [0.4, 0.5) is 0 Å². The molecule has 1 unspecified atom stereocenters. The van der Waals surface area contributed by atoms with E-state index in [-0.39, 0.29) is 26.7 Å². The number of hydrogen-bond acceptors (Lipinski definition) is 2. The summed E-state index contributed by atoms with van der Waals surface area (Å²) in [7, 11) is 0. The van der Waals surface area contributed by atoms with E-state index in [0.717, 1.165) is 6.42 Å². The highest BCUT2D eigenvalue weighted by Gasteiger charge is 2.10. The normalized spacial score (nSPS) is 10.9. The molecule has 1 aromatic rings. The van der Waals surface area contributed by atoms with Crippen LogP contribution in [-0.2, 0) is 0 Å². The Bertz CT molecular complexity index is 229. The van der Waals surface area contributed by atoms with E-state index in [1.54, 1.807) is 12.4 Å². The fourth-order valence-corrected chi connectivity index (χ4v) is 0.819. The van der Waals surface area contributed by atoms with Gasteiger partial charge in [-0.2, -0.15) is 0 Å². The molecule has 0 amide bonds. The highest BCUT2D eigenvalue weighted by Crippen LogP contribution is 2.04. The van der Waals surface area contributed by atoms with Crippen LogP contribution in [0.15, 0.2) is 18.7 Å². The van der Waals surface area contributed by atoms with Gasteiger partial charge in [0.15, 0.2) is 0 Å². The van der Waals surface area contributed by atoms with Gasteiger partial charge >= 0.3 is 0 Å². The van der Waals surface area contributed by atoms with Crippen LogP contribution in [0, 0.1) is 5.92 Å². The Kier molecular flexibility index (Phi) is 7.09. The SMILES string of the molecule is C.C.CCC(C)C(=O)n1ccnc1. The molecular weight excluding hydrogens is 164 g/mol. The first-order chi connectivity index (χ1) is 5.25. The molecule has 1 aromatic heterocycles. The van der Waals surface area contributed by atoms with E-state index >= 15 is 0 Å². The Labute approximate surface area is 80.8 Å². The second-order valence-corrected chi connectivity index (χ2v) is 2.62. The second kappa shape index (κ2) is 6.40. The van der Waals surface area contributed by atoms with Crippen molar-refractivity contribution in [3.8, 4) is 0 Å². The molecule has 3 nitrogen and oxygen atoms in total. The Morgan fingerprint density at radius 2 is 2.15 bits per heavy atom. The fraction of sp³-hybridized carbons (Fsp3) is 0.600. The van der Waals surface area contributed by atoms with Gasteiger partial charge in [-0.3, -0.25) is 9.36 Å². The zero-order valence-electron chi connectivity index (χ0n) is 6.82. The summed E-state index contributed by atoms with van der Waals surface area (Å²) in [6, 6.07) is 0. The molecule has 0 fully saturated rings. The van der Waals surface area contributed by atoms with Gasteiger partial charge in [-0.05, 0) is 6.42 Å². The molecule has 1 atom stereocenters. The summed E-state index contributed by atoms with van der Waals surface area (Å²) in [6.45, 7) is 3.92. The quantitative estimate of drug-likeness (QED) is 0.708. The van der Waals surface area contributed by atoms with Gasteiger partial charge in [-0.15, -0.1) is 0 Å². The number of imidazole rings is 1. The topological polar surface area (TPSA) is 34.9 Å². The zero-order chi connectivity index (χ0) is 8.27. The third-order valence-electron chi connectivity index (χ3n) is 1.79. The maximum Gasteiger partial charge on any atom is 0.234 e. The first-order valence-corrected chi connectivity index (χ1v) is 3.78. The maximum absolute atomic E-state index is 11.4. The van der Waals surface area contributed by atoms with E-state index in [2.05, 4.69) is 4.98 Å². The summed E-state index contributed by atoms with van der Waals surface area (Å²) in [5, 5.41) is 0. The molecule has 76 valence electrons. The van der Waals surface area contributed by atoms with E-state index in [1.807, 2.05) is 13.8 Å². The molecule has 0 aliphatic heterocycles. The number of nitrogens with zero attached hydrogens (tertiary/aromatic N) is 2. The predicted octanol–water partition coefficient (Wildman–Crippen LogP) is 2.84. The van der Waals surface area contributed by atoms with Crippen molar-refractivity contribution in [2.75, 3.05) is 0 Å². The molecule has 0 N–H and O–H groups in total. The van der Waals surface area contributed by atoms with Crippen molar-refractivity contribution in [3.63, 3.8) is 0 Å². The minimum absolute atomic E-state index is 0. The van der Waals surface area contributed by atoms with Gasteiger partial charge in [-0.1, -0.05) is 28.7 Å². The Morgan fingerprint density at radius 1 is 1.54 bits per heavy atom. The van der Waals surface area contributed by atoms with Gasteiger partial charge in [0.25, 0.3) is 0 Å². The minimum atomic E-state index is 0. The number of carbonyl (C=O) groups is 1. The first kappa shape index (κ1) is 14.4. The van der Waals surface area contributed by atoms with Gasteiger partial charge in [0.05, 0.1) is 0 Å². The number of rotatable bonds is 2. The molecule has 3 heteroatoms. The number of hydrogen-bond donors (Lipinski definition) is 0. The summed E-state index contributed by atoms with van der Waals surface area (Å²) in [5.41, 5.74) is 0. The van der Waals surface area contributed by atoms with E-state index in [4.69, 9.17) is 0 Å². The lowest BCUT2D eigenvalue weighted by molar-refractivity contribution is 0.0841. The van der Waals surface area contributed by atoms with Crippen LogP contribution in [0.1, 0.15) is 39.9 Å². The van der Waals surface area contributed by atoms with Gasteiger partial charge in [0.2, 0.25) is 5.91 Å². The van der Waals surface area contributed by atoms with E-state index < -0.39 is 0 Å².